The molecule has 0 fully saturated rings. The van der Waals surface area contributed by atoms with E-state index in [0.717, 1.165) is 23.7 Å². The summed E-state index contributed by atoms with van der Waals surface area (Å²) in [5.74, 6) is -0.170. The zero-order valence-electron chi connectivity index (χ0n) is 27.1. The summed E-state index contributed by atoms with van der Waals surface area (Å²) in [5, 5.41) is 6.62. The van der Waals surface area contributed by atoms with E-state index in [1.165, 1.54) is 0 Å². The molecule has 11 heteroatoms. The molecular formula is C37H33N7O4. The molecule has 0 bridgehead atoms. The van der Waals surface area contributed by atoms with E-state index in [4.69, 9.17) is 9.97 Å². The van der Waals surface area contributed by atoms with Gasteiger partial charge < -0.3 is 15.1 Å². The van der Waals surface area contributed by atoms with Crippen LogP contribution in [-0.4, -0.2) is 88.1 Å². The van der Waals surface area contributed by atoms with Crippen LogP contribution in [0.25, 0.3) is 65.7 Å². The Morgan fingerprint density at radius 2 is 1.17 bits per heavy atom. The molecule has 1 amide bonds. The van der Waals surface area contributed by atoms with E-state index >= 15 is 0 Å². The Hall–Kier alpha value is -5.52. The van der Waals surface area contributed by atoms with Gasteiger partial charge in [-0.05, 0) is 102 Å². The van der Waals surface area contributed by atoms with Crippen molar-refractivity contribution in [2.24, 2.45) is 0 Å². The Bertz CT molecular complexity index is 2540. The summed E-state index contributed by atoms with van der Waals surface area (Å²) >= 11 is 0. The van der Waals surface area contributed by atoms with Crippen molar-refractivity contribution in [3.05, 3.63) is 92.5 Å². The van der Waals surface area contributed by atoms with E-state index in [0.29, 0.717) is 85.5 Å². The Morgan fingerprint density at radius 1 is 0.667 bits per heavy atom. The summed E-state index contributed by atoms with van der Waals surface area (Å²) in [7, 11) is 7.85. The Kier molecular flexibility index (Phi) is 6.86. The van der Waals surface area contributed by atoms with Crippen molar-refractivity contribution in [1.82, 2.24) is 33.9 Å². The number of imidazole rings is 2. The van der Waals surface area contributed by atoms with Gasteiger partial charge in [-0.3, -0.25) is 28.0 Å². The number of rotatable bonds is 9. The monoisotopic (exact) mass is 639 g/mol. The van der Waals surface area contributed by atoms with Gasteiger partial charge in [-0.15, -0.1) is 0 Å². The number of fused-ring (bicyclic) bond motifs is 8. The second kappa shape index (κ2) is 11.0. The van der Waals surface area contributed by atoms with Crippen molar-refractivity contribution in [3.63, 3.8) is 0 Å². The van der Waals surface area contributed by atoms with Gasteiger partial charge in [0.1, 0.15) is 11.3 Å². The number of nitrogens with one attached hydrogen (secondary N) is 1. The van der Waals surface area contributed by atoms with Gasteiger partial charge in [0.15, 0.2) is 5.78 Å². The fourth-order valence-electron chi connectivity index (χ4n) is 6.91. The number of carbonyl (C=O) groups is 2. The van der Waals surface area contributed by atoms with Gasteiger partial charge in [0, 0.05) is 63.0 Å². The second-order valence-corrected chi connectivity index (χ2v) is 13.0. The molecule has 1 N–H and O–H groups in total. The number of ketones is 1. The standard InChI is InChI=1S/C37H33N7O4/c1-41(2)16-5-6-30(45)20-7-13-28-26(18-20)39-33-22-9-11-25-32-23(10-12-24(31(22)32)36(47)43(28)33)34-40-27-19-21(35(46)38-15-17-42(3)4)8-14-29(27)44(34)37(25)48/h7-14,18-19H,5-6,15-17H2,1-4H3,(H,38,46). The lowest BCUT2D eigenvalue weighted by molar-refractivity contribution is 0.0949. The van der Waals surface area contributed by atoms with Gasteiger partial charge in [-0.25, -0.2) is 9.97 Å². The Balaban J connectivity index is 1.31. The zero-order chi connectivity index (χ0) is 33.4. The molecule has 4 aromatic carbocycles. The summed E-state index contributed by atoms with van der Waals surface area (Å²) in [6.07, 6.45) is 1.18. The molecule has 11 nitrogen and oxygen atoms in total. The Labute approximate surface area is 273 Å². The summed E-state index contributed by atoms with van der Waals surface area (Å²) in [6.45, 7) is 2.04. The van der Waals surface area contributed by atoms with Crippen molar-refractivity contribution >= 4 is 77.4 Å². The predicted octanol–water partition coefficient (Wildman–Crippen LogP) is 4.16. The summed E-state index contributed by atoms with van der Waals surface area (Å²) in [6, 6.07) is 17.7. The van der Waals surface area contributed by atoms with Crippen molar-refractivity contribution in [1.29, 1.82) is 0 Å². The smallest absolute Gasteiger partial charge is 0.264 e. The molecule has 8 rings (SSSR count). The van der Waals surface area contributed by atoms with Crippen LogP contribution in [0.1, 0.15) is 33.6 Å². The van der Waals surface area contributed by atoms with Crippen LogP contribution in [0, 0.1) is 0 Å². The number of carbonyl (C=O) groups excluding carboxylic acids is 2. The number of pyridine rings is 2. The SMILES string of the molecule is CN(C)CCCC(=O)c1ccc2c(c1)nc1c3ccc4c(=O)n5c6ccc(C(=O)NCCN(C)C)cc6nc5c5ccc(c(=O)n21)c3c45. The molecule has 0 aliphatic carbocycles. The summed E-state index contributed by atoms with van der Waals surface area (Å²) in [5.41, 5.74) is 3.78. The first-order valence-electron chi connectivity index (χ1n) is 16.0. The fraction of sp³-hybridized carbons (Fsp3) is 0.243. The minimum atomic E-state index is -0.254. The van der Waals surface area contributed by atoms with Crippen LogP contribution in [-0.2, 0) is 0 Å². The first-order chi connectivity index (χ1) is 23.1. The lowest BCUT2D eigenvalue weighted by atomic mass is 9.96. The molecule has 0 radical (unpaired) electrons. The fourth-order valence-corrected chi connectivity index (χ4v) is 6.91. The molecule has 0 saturated heterocycles. The van der Waals surface area contributed by atoms with Crippen LogP contribution >= 0.6 is 0 Å². The third kappa shape index (κ3) is 4.49. The molecule has 240 valence electrons. The predicted molar refractivity (Wildman–Crippen MR) is 189 cm³/mol. The van der Waals surface area contributed by atoms with Gasteiger partial charge in [0.05, 0.1) is 22.1 Å². The van der Waals surface area contributed by atoms with Gasteiger partial charge in [0.2, 0.25) is 0 Å². The number of likely N-dealkylation sites (N-methyl/N-ethyl adjacent to an activating group) is 1. The molecule has 0 atom stereocenters. The van der Waals surface area contributed by atoms with E-state index in [2.05, 4.69) is 5.32 Å². The molecule has 4 aromatic heterocycles. The number of benzene rings is 4. The van der Waals surface area contributed by atoms with Gasteiger partial charge in [-0.1, -0.05) is 0 Å². The quantitative estimate of drug-likeness (QED) is 0.185. The van der Waals surface area contributed by atoms with Crippen LogP contribution in [0.15, 0.2) is 70.3 Å². The Morgan fingerprint density at radius 3 is 1.71 bits per heavy atom. The number of hydrogen-bond acceptors (Lipinski definition) is 8. The van der Waals surface area contributed by atoms with Crippen molar-refractivity contribution in [2.45, 2.75) is 12.8 Å². The normalized spacial score (nSPS) is 12.5. The summed E-state index contributed by atoms with van der Waals surface area (Å²) < 4.78 is 3.18. The van der Waals surface area contributed by atoms with E-state index in [1.807, 2.05) is 50.1 Å². The number of nitrogens with zero attached hydrogens (tertiary/aromatic N) is 6. The molecule has 8 aromatic rings. The van der Waals surface area contributed by atoms with Crippen LogP contribution < -0.4 is 16.4 Å². The highest BCUT2D eigenvalue weighted by Gasteiger charge is 2.23. The third-order valence-electron chi connectivity index (χ3n) is 9.26. The summed E-state index contributed by atoms with van der Waals surface area (Å²) in [4.78, 5) is 67.8. The number of hydrogen-bond donors (Lipinski definition) is 1. The van der Waals surface area contributed by atoms with Crippen molar-refractivity contribution in [2.75, 3.05) is 47.8 Å². The van der Waals surface area contributed by atoms with Gasteiger partial charge in [0.25, 0.3) is 17.0 Å². The molecule has 0 unspecified atom stereocenters. The molecule has 0 aliphatic heterocycles. The van der Waals surface area contributed by atoms with Crippen molar-refractivity contribution < 1.29 is 9.59 Å². The van der Waals surface area contributed by atoms with E-state index in [1.54, 1.807) is 57.3 Å². The molecule has 4 heterocycles. The van der Waals surface area contributed by atoms with Crippen LogP contribution in [0.5, 0.6) is 0 Å². The molecule has 0 aliphatic rings. The first-order valence-corrected chi connectivity index (χ1v) is 16.0. The highest BCUT2D eigenvalue weighted by atomic mass is 16.2. The average Bonchev–Trinajstić information content (AvgIpc) is 3.64. The van der Waals surface area contributed by atoms with E-state index in [-0.39, 0.29) is 22.8 Å². The number of amides is 1. The molecule has 0 saturated carbocycles. The lowest BCUT2D eigenvalue weighted by Gasteiger charge is -2.12. The second-order valence-electron chi connectivity index (χ2n) is 13.0. The first kappa shape index (κ1) is 29.9. The van der Waals surface area contributed by atoms with Crippen molar-refractivity contribution in [3.8, 4) is 0 Å². The van der Waals surface area contributed by atoms with Crippen LogP contribution in [0.3, 0.4) is 0 Å². The number of Topliss-reactive ketones (excluding diaryl/α,β-unsaturated/α-hetero) is 1. The maximum Gasteiger partial charge on any atom is 0.264 e. The topological polar surface area (TPSA) is 121 Å². The maximum absolute atomic E-state index is 14.1. The zero-order valence-corrected chi connectivity index (χ0v) is 27.1. The van der Waals surface area contributed by atoms with Crippen LogP contribution in [0.4, 0.5) is 0 Å². The third-order valence-corrected chi connectivity index (χ3v) is 9.26. The lowest BCUT2D eigenvalue weighted by Crippen LogP contribution is -2.31. The molecular weight excluding hydrogens is 606 g/mol. The molecule has 48 heavy (non-hydrogen) atoms. The highest BCUT2D eigenvalue weighted by Crippen LogP contribution is 2.36. The van der Waals surface area contributed by atoms with E-state index < -0.39 is 0 Å². The average molecular weight is 640 g/mol. The minimum absolute atomic E-state index is 0.0383. The van der Waals surface area contributed by atoms with Gasteiger partial charge in [-0.2, -0.15) is 0 Å². The van der Waals surface area contributed by atoms with Crippen LogP contribution in [0.2, 0.25) is 0 Å². The highest BCUT2D eigenvalue weighted by molar-refractivity contribution is 6.27. The van der Waals surface area contributed by atoms with E-state index in [9.17, 15) is 19.2 Å². The minimum Gasteiger partial charge on any atom is -0.351 e. The maximum atomic E-state index is 14.1. The molecule has 0 spiro atoms. The number of aromatic nitrogens is 4. The van der Waals surface area contributed by atoms with Gasteiger partial charge >= 0.3 is 0 Å². The largest absolute Gasteiger partial charge is 0.351 e.